The average Bonchev–Trinajstić information content (AvgIpc) is 2.72. The molecule has 0 radical (unpaired) electrons. The van der Waals surface area contributed by atoms with Crippen molar-refractivity contribution < 1.29 is 9.84 Å². The van der Waals surface area contributed by atoms with E-state index in [4.69, 9.17) is 4.74 Å². The van der Waals surface area contributed by atoms with Crippen LogP contribution in [0.15, 0.2) is 16.8 Å². The lowest BCUT2D eigenvalue weighted by Crippen LogP contribution is -2.28. The predicted octanol–water partition coefficient (Wildman–Crippen LogP) is 2.08. The lowest BCUT2D eigenvalue weighted by molar-refractivity contribution is 0.00843. The Bertz CT molecular complexity index is 252. The van der Waals surface area contributed by atoms with Crippen LogP contribution in [0.3, 0.4) is 0 Å². The number of hydrogen-bond donors (Lipinski definition) is 1. The van der Waals surface area contributed by atoms with Gasteiger partial charge in [-0.1, -0.05) is 0 Å². The summed E-state index contributed by atoms with van der Waals surface area (Å²) in [5.41, 5.74) is 1.26. The average molecular weight is 212 g/mol. The Hall–Kier alpha value is -0.380. The molecule has 14 heavy (non-hydrogen) atoms. The van der Waals surface area contributed by atoms with Gasteiger partial charge >= 0.3 is 0 Å². The molecule has 2 rings (SSSR count). The van der Waals surface area contributed by atoms with Crippen LogP contribution in [0.4, 0.5) is 0 Å². The molecule has 0 aromatic carbocycles. The first-order valence-electron chi connectivity index (χ1n) is 5.13. The van der Waals surface area contributed by atoms with E-state index in [0.29, 0.717) is 5.92 Å². The fourth-order valence-corrected chi connectivity index (χ4v) is 2.60. The van der Waals surface area contributed by atoms with Crippen molar-refractivity contribution in [1.29, 1.82) is 0 Å². The van der Waals surface area contributed by atoms with E-state index >= 15 is 0 Å². The van der Waals surface area contributed by atoms with Crippen molar-refractivity contribution in [3.05, 3.63) is 22.4 Å². The van der Waals surface area contributed by atoms with Gasteiger partial charge in [0.05, 0.1) is 6.10 Å². The molecule has 3 heteroatoms. The smallest absolute Gasteiger partial charge is 0.0610 e. The van der Waals surface area contributed by atoms with Crippen molar-refractivity contribution in [3.63, 3.8) is 0 Å². The van der Waals surface area contributed by atoms with Crippen molar-refractivity contribution in [2.75, 3.05) is 13.2 Å². The molecular formula is C11H16O2S. The Morgan fingerprint density at radius 2 is 2.29 bits per heavy atom. The molecule has 2 nitrogen and oxygen atoms in total. The molecule has 1 aromatic heterocycles. The highest BCUT2D eigenvalue weighted by Gasteiger charge is 2.22. The number of ether oxygens (including phenoxy) is 1. The zero-order valence-electron chi connectivity index (χ0n) is 8.19. The summed E-state index contributed by atoms with van der Waals surface area (Å²) >= 11 is 1.69. The molecule has 0 spiro atoms. The SMILES string of the molecule is OC(Cc1ccsc1)C1CCOCC1. The number of aliphatic hydroxyl groups excluding tert-OH is 1. The lowest BCUT2D eigenvalue weighted by Gasteiger charge is -2.26. The number of aliphatic hydroxyl groups is 1. The molecule has 1 saturated heterocycles. The van der Waals surface area contributed by atoms with Crippen LogP contribution in [0.5, 0.6) is 0 Å². The Labute approximate surface area is 88.5 Å². The van der Waals surface area contributed by atoms with Crippen molar-refractivity contribution in [2.45, 2.75) is 25.4 Å². The minimum Gasteiger partial charge on any atom is -0.392 e. The van der Waals surface area contributed by atoms with E-state index in [0.717, 1.165) is 32.5 Å². The summed E-state index contributed by atoms with van der Waals surface area (Å²) in [5, 5.41) is 14.2. The van der Waals surface area contributed by atoms with E-state index in [1.807, 2.05) is 0 Å². The molecule has 0 saturated carbocycles. The maximum absolute atomic E-state index is 9.99. The van der Waals surface area contributed by atoms with E-state index in [9.17, 15) is 5.11 Å². The molecule has 1 aromatic rings. The predicted molar refractivity (Wildman–Crippen MR) is 57.6 cm³/mol. The molecule has 1 unspecified atom stereocenters. The normalized spacial score (nSPS) is 20.9. The molecule has 2 heterocycles. The van der Waals surface area contributed by atoms with Crippen molar-refractivity contribution in [2.24, 2.45) is 5.92 Å². The summed E-state index contributed by atoms with van der Waals surface area (Å²) in [6.45, 7) is 1.62. The molecule has 1 N–H and O–H groups in total. The molecule has 1 aliphatic heterocycles. The van der Waals surface area contributed by atoms with Crippen LogP contribution in [0, 0.1) is 5.92 Å². The molecule has 0 amide bonds. The summed E-state index contributed by atoms with van der Waals surface area (Å²) < 4.78 is 5.28. The third-order valence-corrected chi connectivity index (χ3v) is 3.57. The highest BCUT2D eigenvalue weighted by molar-refractivity contribution is 7.07. The first-order chi connectivity index (χ1) is 6.86. The van der Waals surface area contributed by atoms with Gasteiger partial charge in [0.2, 0.25) is 0 Å². The zero-order chi connectivity index (χ0) is 9.80. The number of rotatable bonds is 3. The fraction of sp³-hybridized carbons (Fsp3) is 0.636. The standard InChI is InChI=1S/C11H16O2S/c12-11(7-9-3-6-14-8-9)10-1-4-13-5-2-10/h3,6,8,10-12H,1-2,4-5,7H2. The maximum Gasteiger partial charge on any atom is 0.0610 e. The largest absolute Gasteiger partial charge is 0.392 e. The van der Waals surface area contributed by atoms with Gasteiger partial charge < -0.3 is 9.84 Å². The first-order valence-corrected chi connectivity index (χ1v) is 6.07. The second kappa shape index (κ2) is 4.91. The van der Waals surface area contributed by atoms with E-state index in [1.54, 1.807) is 11.3 Å². The summed E-state index contributed by atoms with van der Waals surface area (Å²) in [7, 11) is 0. The zero-order valence-corrected chi connectivity index (χ0v) is 9.00. The van der Waals surface area contributed by atoms with Crippen LogP contribution in [0.1, 0.15) is 18.4 Å². The van der Waals surface area contributed by atoms with Gasteiger partial charge in [-0.05, 0) is 47.6 Å². The summed E-state index contributed by atoms with van der Waals surface area (Å²) in [6.07, 6.45) is 2.62. The minimum atomic E-state index is -0.187. The Morgan fingerprint density at radius 3 is 2.93 bits per heavy atom. The van der Waals surface area contributed by atoms with Crippen LogP contribution in [-0.2, 0) is 11.2 Å². The molecule has 1 aliphatic rings. The molecular weight excluding hydrogens is 196 g/mol. The minimum absolute atomic E-state index is 0.187. The maximum atomic E-state index is 9.99. The highest BCUT2D eigenvalue weighted by atomic mass is 32.1. The van der Waals surface area contributed by atoms with Crippen LogP contribution in [-0.4, -0.2) is 24.4 Å². The summed E-state index contributed by atoms with van der Waals surface area (Å²) in [5.74, 6) is 0.434. The van der Waals surface area contributed by atoms with Crippen LogP contribution >= 0.6 is 11.3 Å². The Balaban J connectivity index is 1.85. The molecule has 0 bridgehead atoms. The van der Waals surface area contributed by atoms with Gasteiger partial charge in [-0.2, -0.15) is 11.3 Å². The molecule has 1 fully saturated rings. The van der Waals surface area contributed by atoms with Crippen molar-refractivity contribution >= 4 is 11.3 Å². The third kappa shape index (κ3) is 2.56. The van der Waals surface area contributed by atoms with E-state index in [-0.39, 0.29) is 6.10 Å². The highest BCUT2D eigenvalue weighted by Crippen LogP contribution is 2.22. The van der Waals surface area contributed by atoms with Gasteiger partial charge in [0.15, 0.2) is 0 Å². The summed E-state index contributed by atoms with van der Waals surface area (Å²) in [4.78, 5) is 0. The first kappa shape index (κ1) is 10.1. The quantitative estimate of drug-likeness (QED) is 0.831. The molecule has 1 atom stereocenters. The van der Waals surface area contributed by atoms with E-state index < -0.39 is 0 Å². The van der Waals surface area contributed by atoms with E-state index in [1.165, 1.54) is 5.56 Å². The number of thiophene rings is 1. The van der Waals surface area contributed by atoms with E-state index in [2.05, 4.69) is 16.8 Å². The van der Waals surface area contributed by atoms with Gasteiger partial charge in [0, 0.05) is 13.2 Å². The fourth-order valence-electron chi connectivity index (χ4n) is 1.92. The second-order valence-electron chi connectivity index (χ2n) is 3.85. The van der Waals surface area contributed by atoms with Crippen molar-refractivity contribution in [3.8, 4) is 0 Å². The summed E-state index contributed by atoms with van der Waals surface area (Å²) in [6, 6.07) is 2.09. The van der Waals surface area contributed by atoms with Crippen LogP contribution < -0.4 is 0 Å². The topological polar surface area (TPSA) is 29.5 Å². The molecule has 0 aliphatic carbocycles. The van der Waals surface area contributed by atoms with Gasteiger partial charge in [-0.25, -0.2) is 0 Å². The lowest BCUT2D eigenvalue weighted by atomic mass is 9.90. The Morgan fingerprint density at radius 1 is 1.50 bits per heavy atom. The number of hydrogen-bond acceptors (Lipinski definition) is 3. The Kier molecular flexibility index (Phi) is 3.56. The second-order valence-corrected chi connectivity index (χ2v) is 4.63. The third-order valence-electron chi connectivity index (χ3n) is 2.84. The van der Waals surface area contributed by atoms with Gasteiger partial charge in [-0.15, -0.1) is 0 Å². The molecule has 78 valence electrons. The van der Waals surface area contributed by atoms with Crippen LogP contribution in [0.25, 0.3) is 0 Å². The van der Waals surface area contributed by atoms with Gasteiger partial charge in [-0.3, -0.25) is 0 Å². The van der Waals surface area contributed by atoms with Gasteiger partial charge in [0.1, 0.15) is 0 Å². The monoisotopic (exact) mass is 212 g/mol. The van der Waals surface area contributed by atoms with Gasteiger partial charge in [0.25, 0.3) is 0 Å². The van der Waals surface area contributed by atoms with Crippen molar-refractivity contribution in [1.82, 2.24) is 0 Å². The van der Waals surface area contributed by atoms with Crippen LogP contribution in [0.2, 0.25) is 0 Å².